The summed E-state index contributed by atoms with van der Waals surface area (Å²) < 4.78 is 1.63. The van der Waals surface area contributed by atoms with Crippen molar-refractivity contribution in [1.82, 2.24) is 19.4 Å². The SMILES string of the molecule is CN1Cc2c3n(c(=O)[nH]c2=O)CN(C)CN3C1. The Labute approximate surface area is 97.9 Å². The summed E-state index contributed by atoms with van der Waals surface area (Å²) in [6.07, 6.45) is 0. The second-order valence-corrected chi connectivity index (χ2v) is 4.82. The summed E-state index contributed by atoms with van der Waals surface area (Å²) in [6.45, 7) is 2.59. The predicted octanol–water partition coefficient (Wildman–Crippen LogP) is -1.39. The van der Waals surface area contributed by atoms with E-state index in [1.54, 1.807) is 4.57 Å². The molecule has 7 heteroatoms. The van der Waals surface area contributed by atoms with Crippen LogP contribution in [0.4, 0.5) is 5.82 Å². The molecule has 1 aromatic heterocycles. The van der Waals surface area contributed by atoms with Crippen LogP contribution in [-0.4, -0.2) is 46.8 Å². The zero-order valence-electron chi connectivity index (χ0n) is 9.93. The zero-order chi connectivity index (χ0) is 12.2. The van der Waals surface area contributed by atoms with E-state index in [0.29, 0.717) is 18.8 Å². The topological polar surface area (TPSA) is 64.6 Å². The molecule has 0 saturated heterocycles. The van der Waals surface area contributed by atoms with Gasteiger partial charge in [-0.2, -0.15) is 0 Å². The van der Waals surface area contributed by atoms with Crippen molar-refractivity contribution >= 4 is 5.82 Å². The predicted molar refractivity (Wildman–Crippen MR) is 62.8 cm³/mol. The van der Waals surface area contributed by atoms with Crippen LogP contribution in [0.2, 0.25) is 0 Å². The highest BCUT2D eigenvalue weighted by Gasteiger charge is 2.30. The molecule has 1 aromatic rings. The van der Waals surface area contributed by atoms with Gasteiger partial charge in [0.2, 0.25) is 0 Å². The van der Waals surface area contributed by atoms with Gasteiger partial charge in [-0.15, -0.1) is 0 Å². The number of nitrogens with one attached hydrogen (secondary N) is 1. The number of aromatic amines is 1. The first-order chi connectivity index (χ1) is 8.06. The van der Waals surface area contributed by atoms with E-state index >= 15 is 0 Å². The molecule has 7 nitrogen and oxygen atoms in total. The Kier molecular flexibility index (Phi) is 2.14. The molecule has 0 bridgehead atoms. The van der Waals surface area contributed by atoms with Crippen LogP contribution in [0.25, 0.3) is 0 Å². The van der Waals surface area contributed by atoms with Crippen molar-refractivity contribution in [3.8, 4) is 0 Å². The maximum atomic E-state index is 11.8. The first-order valence-corrected chi connectivity index (χ1v) is 5.54. The minimum absolute atomic E-state index is 0.262. The summed E-state index contributed by atoms with van der Waals surface area (Å²) >= 11 is 0. The molecule has 0 amide bonds. The lowest BCUT2D eigenvalue weighted by Gasteiger charge is -2.43. The minimum Gasteiger partial charge on any atom is -0.331 e. The molecule has 0 aliphatic carbocycles. The van der Waals surface area contributed by atoms with Crippen molar-refractivity contribution in [2.24, 2.45) is 0 Å². The van der Waals surface area contributed by atoms with Gasteiger partial charge in [0.25, 0.3) is 5.56 Å². The van der Waals surface area contributed by atoms with Crippen LogP contribution in [0.1, 0.15) is 5.56 Å². The highest BCUT2D eigenvalue weighted by Crippen LogP contribution is 2.25. The molecule has 92 valence electrons. The minimum atomic E-state index is -0.324. The Balaban J connectivity index is 2.29. The van der Waals surface area contributed by atoms with Crippen molar-refractivity contribution < 1.29 is 0 Å². The van der Waals surface area contributed by atoms with Crippen LogP contribution < -0.4 is 16.1 Å². The fourth-order valence-electron chi connectivity index (χ4n) is 2.60. The second-order valence-electron chi connectivity index (χ2n) is 4.82. The van der Waals surface area contributed by atoms with E-state index in [9.17, 15) is 9.59 Å². The van der Waals surface area contributed by atoms with Crippen molar-refractivity contribution in [1.29, 1.82) is 0 Å². The Morgan fingerprint density at radius 2 is 1.76 bits per heavy atom. The van der Waals surface area contributed by atoms with Crippen LogP contribution in [0, 0.1) is 0 Å². The van der Waals surface area contributed by atoms with Crippen LogP contribution >= 0.6 is 0 Å². The van der Waals surface area contributed by atoms with Crippen LogP contribution in [0.15, 0.2) is 9.59 Å². The molecule has 17 heavy (non-hydrogen) atoms. The summed E-state index contributed by atoms with van der Waals surface area (Å²) in [5.74, 6) is 0.787. The van der Waals surface area contributed by atoms with E-state index in [2.05, 4.69) is 14.8 Å². The Morgan fingerprint density at radius 1 is 1.06 bits per heavy atom. The molecular formula is C10H15N5O2. The van der Waals surface area contributed by atoms with Crippen LogP contribution in [-0.2, 0) is 13.2 Å². The van der Waals surface area contributed by atoms with Gasteiger partial charge in [-0.3, -0.25) is 24.1 Å². The zero-order valence-corrected chi connectivity index (χ0v) is 9.93. The molecule has 0 fully saturated rings. The van der Waals surface area contributed by atoms with Crippen LogP contribution in [0.3, 0.4) is 0 Å². The van der Waals surface area contributed by atoms with Crippen molar-refractivity contribution in [2.45, 2.75) is 13.2 Å². The summed E-state index contributed by atoms with van der Waals surface area (Å²) in [4.78, 5) is 32.1. The smallest absolute Gasteiger partial charge is 0.331 e. The molecule has 2 aliphatic rings. The third kappa shape index (κ3) is 1.50. The molecule has 0 unspecified atom stereocenters. The Hall–Kier alpha value is -1.60. The number of hydrogen-bond acceptors (Lipinski definition) is 5. The second kappa shape index (κ2) is 3.44. The fraction of sp³-hybridized carbons (Fsp3) is 0.600. The molecule has 1 N–H and O–H groups in total. The van der Waals surface area contributed by atoms with Gasteiger partial charge in [0.05, 0.1) is 25.6 Å². The number of H-pyrrole nitrogens is 1. The first kappa shape index (κ1) is 10.5. The first-order valence-electron chi connectivity index (χ1n) is 5.54. The molecule has 0 aromatic carbocycles. The normalized spacial score (nSPS) is 20.5. The number of anilines is 1. The van der Waals surface area contributed by atoms with Gasteiger partial charge < -0.3 is 4.90 Å². The van der Waals surface area contributed by atoms with E-state index < -0.39 is 0 Å². The van der Waals surface area contributed by atoms with Gasteiger partial charge in [-0.25, -0.2) is 4.79 Å². The highest BCUT2D eigenvalue weighted by molar-refractivity contribution is 5.49. The average molecular weight is 237 g/mol. The number of rotatable bonds is 0. The van der Waals surface area contributed by atoms with E-state index in [-0.39, 0.29) is 11.2 Å². The van der Waals surface area contributed by atoms with Gasteiger partial charge in [0.15, 0.2) is 0 Å². The molecule has 2 aliphatic heterocycles. The lowest BCUT2D eigenvalue weighted by atomic mass is 10.2. The molecule has 0 spiro atoms. The molecule has 0 radical (unpaired) electrons. The number of nitrogens with zero attached hydrogens (tertiary/aromatic N) is 4. The van der Waals surface area contributed by atoms with Gasteiger partial charge in [-0.05, 0) is 14.1 Å². The van der Waals surface area contributed by atoms with Crippen molar-refractivity contribution in [3.63, 3.8) is 0 Å². The maximum absolute atomic E-state index is 11.8. The van der Waals surface area contributed by atoms with Crippen molar-refractivity contribution in [3.05, 3.63) is 26.4 Å². The third-order valence-electron chi connectivity index (χ3n) is 3.20. The molecule has 3 rings (SSSR count). The maximum Gasteiger partial charge on any atom is 0.331 e. The third-order valence-corrected chi connectivity index (χ3v) is 3.20. The average Bonchev–Trinajstić information content (AvgIpc) is 2.24. The van der Waals surface area contributed by atoms with Gasteiger partial charge in [0.1, 0.15) is 5.82 Å². The van der Waals surface area contributed by atoms with E-state index in [4.69, 9.17) is 0 Å². The fourth-order valence-corrected chi connectivity index (χ4v) is 2.60. The summed E-state index contributed by atoms with van der Waals surface area (Å²) in [5, 5.41) is 0. The summed E-state index contributed by atoms with van der Waals surface area (Å²) in [7, 11) is 3.92. The number of hydrogen-bond donors (Lipinski definition) is 1. The highest BCUT2D eigenvalue weighted by atomic mass is 16.2. The van der Waals surface area contributed by atoms with Gasteiger partial charge in [0, 0.05) is 6.54 Å². The standard InChI is InChI=1S/C10H15N5O2/c1-12-3-7-8(16)11-10(17)15-6-13(2)5-14(4-12)9(7)15/h3-6H2,1-2H3,(H,11,16,17). The Morgan fingerprint density at radius 3 is 2.53 bits per heavy atom. The van der Waals surface area contributed by atoms with E-state index in [0.717, 1.165) is 19.2 Å². The van der Waals surface area contributed by atoms with Crippen LogP contribution in [0.5, 0.6) is 0 Å². The van der Waals surface area contributed by atoms with E-state index in [1.807, 2.05) is 19.0 Å². The summed E-state index contributed by atoms with van der Waals surface area (Å²) in [6, 6.07) is 0. The lowest BCUT2D eigenvalue weighted by Crippen LogP contribution is -2.55. The molecular weight excluding hydrogens is 222 g/mol. The Bertz CT molecular complexity index is 529. The quantitative estimate of drug-likeness (QED) is 0.601. The number of aromatic nitrogens is 2. The monoisotopic (exact) mass is 237 g/mol. The van der Waals surface area contributed by atoms with Gasteiger partial charge in [-0.1, -0.05) is 0 Å². The molecule has 0 saturated carbocycles. The van der Waals surface area contributed by atoms with E-state index in [1.165, 1.54) is 0 Å². The molecule has 0 atom stereocenters. The summed E-state index contributed by atoms with van der Waals surface area (Å²) in [5.41, 5.74) is 0.101. The molecule has 3 heterocycles. The lowest BCUT2D eigenvalue weighted by molar-refractivity contribution is 0.194. The van der Waals surface area contributed by atoms with Crippen molar-refractivity contribution in [2.75, 3.05) is 32.3 Å². The van der Waals surface area contributed by atoms with Gasteiger partial charge >= 0.3 is 5.69 Å². The largest absolute Gasteiger partial charge is 0.331 e.